The van der Waals surface area contributed by atoms with E-state index in [-0.39, 0.29) is 30.0 Å². The van der Waals surface area contributed by atoms with Crippen LogP contribution in [0.3, 0.4) is 0 Å². The number of carbonyl (C=O) groups is 1. The summed E-state index contributed by atoms with van der Waals surface area (Å²) in [6, 6.07) is 12.7. The first-order chi connectivity index (χ1) is 17.3. The van der Waals surface area contributed by atoms with Crippen molar-refractivity contribution in [3.05, 3.63) is 59.2 Å². The Hall–Kier alpha value is -2.61. The van der Waals surface area contributed by atoms with Gasteiger partial charge in [0.15, 0.2) is 0 Å². The molecule has 6 rings (SSSR count). The van der Waals surface area contributed by atoms with Crippen molar-refractivity contribution in [1.82, 2.24) is 10.6 Å². The highest BCUT2D eigenvalue weighted by Gasteiger charge is 2.51. The Labute approximate surface area is 213 Å². The summed E-state index contributed by atoms with van der Waals surface area (Å²) < 4.78 is 0. The van der Waals surface area contributed by atoms with Crippen LogP contribution in [0.4, 0.5) is 10.5 Å². The van der Waals surface area contributed by atoms with Crippen LogP contribution in [0, 0.1) is 17.8 Å². The van der Waals surface area contributed by atoms with Crippen molar-refractivity contribution in [3.8, 4) is 5.75 Å². The highest BCUT2D eigenvalue weighted by atomic mass is 16.3. The van der Waals surface area contributed by atoms with E-state index in [1.54, 1.807) is 12.1 Å². The molecule has 0 aromatic heterocycles. The molecule has 4 fully saturated rings. The van der Waals surface area contributed by atoms with E-state index in [4.69, 9.17) is 0 Å². The van der Waals surface area contributed by atoms with Gasteiger partial charge in [0, 0.05) is 29.4 Å². The van der Waals surface area contributed by atoms with Crippen LogP contribution < -0.4 is 16.0 Å². The Morgan fingerprint density at radius 2 is 1.75 bits per heavy atom. The number of carbonyl (C=O) groups excluding carboxylic acids is 1. The fourth-order valence-corrected chi connectivity index (χ4v) is 7.24. The Balaban J connectivity index is 1.12. The molecule has 1 unspecified atom stereocenters. The maximum atomic E-state index is 12.9. The van der Waals surface area contributed by atoms with Crippen molar-refractivity contribution >= 4 is 11.7 Å². The molecule has 4 aliphatic rings. The van der Waals surface area contributed by atoms with E-state index in [2.05, 4.69) is 22.9 Å². The molecule has 2 atom stereocenters. The lowest BCUT2D eigenvalue weighted by Crippen LogP contribution is -2.60. The minimum absolute atomic E-state index is 0.00878. The fraction of sp³-hybridized carbons (Fsp3) is 0.552. The molecule has 0 spiro atoms. The van der Waals surface area contributed by atoms with Gasteiger partial charge in [-0.25, -0.2) is 4.79 Å². The number of rotatable bonds is 9. The molecule has 2 aromatic rings. The van der Waals surface area contributed by atoms with Crippen LogP contribution >= 0.6 is 0 Å². The minimum Gasteiger partial charge on any atom is -0.508 e. The van der Waals surface area contributed by atoms with Gasteiger partial charge in [0.1, 0.15) is 5.75 Å². The summed E-state index contributed by atoms with van der Waals surface area (Å²) >= 11 is 0. The smallest absolute Gasteiger partial charge is 0.319 e. The Kier molecular flexibility index (Phi) is 7.24. The van der Waals surface area contributed by atoms with Gasteiger partial charge in [-0.05, 0) is 105 Å². The second-order valence-corrected chi connectivity index (χ2v) is 11.6. The molecule has 0 heterocycles. The van der Waals surface area contributed by atoms with Gasteiger partial charge < -0.3 is 31.3 Å². The third kappa shape index (κ3) is 5.69. The third-order valence-electron chi connectivity index (χ3n) is 8.46. The van der Waals surface area contributed by atoms with E-state index in [0.29, 0.717) is 17.7 Å². The maximum Gasteiger partial charge on any atom is 0.319 e. The summed E-state index contributed by atoms with van der Waals surface area (Å²) in [5.41, 5.74) is 2.93. The van der Waals surface area contributed by atoms with Gasteiger partial charge in [-0.1, -0.05) is 18.2 Å². The molecule has 7 nitrogen and oxygen atoms in total. The van der Waals surface area contributed by atoms with Gasteiger partial charge in [-0.3, -0.25) is 0 Å². The SMILES string of the molecule is CC(Cc1cccc(NC(=O)NC23CC4CC(CC(C4)C2)C3)c1)NC[C@@H](O)c1ccc(O)c(CO)c1. The van der Waals surface area contributed by atoms with E-state index in [0.717, 1.165) is 54.7 Å². The van der Waals surface area contributed by atoms with Crippen molar-refractivity contribution < 1.29 is 20.1 Å². The molecule has 4 saturated carbocycles. The van der Waals surface area contributed by atoms with Crippen LogP contribution in [0.25, 0.3) is 0 Å². The van der Waals surface area contributed by atoms with E-state index in [9.17, 15) is 20.1 Å². The van der Waals surface area contributed by atoms with E-state index < -0.39 is 6.10 Å². The number of urea groups is 1. The molecule has 2 aromatic carbocycles. The summed E-state index contributed by atoms with van der Waals surface area (Å²) in [6.45, 7) is 2.13. The first kappa shape index (κ1) is 25.1. The van der Waals surface area contributed by atoms with Crippen LogP contribution in [-0.4, -0.2) is 39.5 Å². The summed E-state index contributed by atoms with van der Waals surface area (Å²) in [6.07, 6.45) is 7.45. The number of aromatic hydroxyl groups is 1. The second kappa shape index (κ2) is 10.4. The van der Waals surface area contributed by atoms with Gasteiger partial charge in [-0.2, -0.15) is 0 Å². The molecule has 36 heavy (non-hydrogen) atoms. The molecule has 4 bridgehead atoms. The maximum absolute atomic E-state index is 12.9. The normalized spacial score (nSPS) is 28.0. The van der Waals surface area contributed by atoms with Crippen molar-refractivity contribution in [2.45, 2.75) is 76.2 Å². The summed E-state index contributed by atoms with van der Waals surface area (Å²) in [5, 5.41) is 39.4. The zero-order valence-electron chi connectivity index (χ0n) is 21.0. The van der Waals surface area contributed by atoms with Gasteiger partial charge in [-0.15, -0.1) is 0 Å². The average Bonchev–Trinajstić information content (AvgIpc) is 2.81. The zero-order valence-corrected chi connectivity index (χ0v) is 21.0. The number of benzene rings is 2. The first-order valence-corrected chi connectivity index (χ1v) is 13.3. The van der Waals surface area contributed by atoms with E-state index in [1.807, 2.05) is 24.3 Å². The van der Waals surface area contributed by atoms with Gasteiger partial charge in [0.2, 0.25) is 0 Å². The first-order valence-electron chi connectivity index (χ1n) is 13.3. The van der Waals surface area contributed by atoms with Crippen molar-refractivity contribution in [1.29, 1.82) is 0 Å². The molecule has 194 valence electrons. The van der Waals surface area contributed by atoms with Crippen molar-refractivity contribution in [3.63, 3.8) is 0 Å². The number of aliphatic hydroxyl groups is 2. The Morgan fingerprint density at radius 1 is 1.06 bits per heavy atom. The molecule has 0 radical (unpaired) electrons. The van der Waals surface area contributed by atoms with Crippen molar-refractivity contribution in [2.75, 3.05) is 11.9 Å². The van der Waals surface area contributed by atoms with Gasteiger partial charge >= 0.3 is 6.03 Å². The third-order valence-corrected chi connectivity index (χ3v) is 8.46. The lowest BCUT2D eigenvalue weighted by molar-refractivity contribution is -0.0127. The van der Waals surface area contributed by atoms with Crippen molar-refractivity contribution in [2.24, 2.45) is 17.8 Å². The average molecular weight is 494 g/mol. The molecule has 0 saturated heterocycles. The molecular formula is C29H39N3O4. The van der Waals surface area contributed by atoms with Crippen LogP contribution in [0.5, 0.6) is 5.75 Å². The van der Waals surface area contributed by atoms with E-state index >= 15 is 0 Å². The zero-order chi connectivity index (χ0) is 25.3. The topological polar surface area (TPSA) is 114 Å². The van der Waals surface area contributed by atoms with Gasteiger partial charge in [0.25, 0.3) is 0 Å². The molecule has 0 aliphatic heterocycles. The van der Waals surface area contributed by atoms with Crippen LogP contribution in [0.15, 0.2) is 42.5 Å². The monoisotopic (exact) mass is 493 g/mol. The number of nitrogens with one attached hydrogen (secondary N) is 3. The fourth-order valence-electron chi connectivity index (χ4n) is 7.24. The van der Waals surface area contributed by atoms with E-state index in [1.165, 1.54) is 25.3 Å². The highest BCUT2D eigenvalue weighted by molar-refractivity contribution is 5.89. The number of anilines is 1. The summed E-state index contributed by atoms with van der Waals surface area (Å²) in [4.78, 5) is 12.9. The summed E-state index contributed by atoms with van der Waals surface area (Å²) in [5.74, 6) is 2.39. The lowest BCUT2D eigenvalue weighted by Gasteiger charge is -2.56. The number of aliphatic hydroxyl groups excluding tert-OH is 2. The highest BCUT2D eigenvalue weighted by Crippen LogP contribution is 2.55. The minimum atomic E-state index is -0.750. The Morgan fingerprint density at radius 3 is 2.42 bits per heavy atom. The van der Waals surface area contributed by atoms with Crippen LogP contribution in [-0.2, 0) is 13.0 Å². The number of phenols is 1. The summed E-state index contributed by atoms with van der Waals surface area (Å²) in [7, 11) is 0. The quantitative estimate of drug-likeness (QED) is 0.313. The van der Waals surface area contributed by atoms with Gasteiger partial charge in [0.05, 0.1) is 12.7 Å². The van der Waals surface area contributed by atoms with Crippen LogP contribution in [0.1, 0.15) is 68.2 Å². The predicted molar refractivity (Wildman–Crippen MR) is 140 cm³/mol. The number of amides is 2. The lowest BCUT2D eigenvalue weighted by atomic mass is 9.53. The molecule has 6 N–H and O–H groups in total. The number of hydrogen-bond acceptors (Lipinski definition) is 5. The molecule has 4 aliphatic carbocycles. The second-order valence-electron chi connectivity index (χ2n) is 11.6. The largest absolute Gasteiger partial charge is 0.508 e. The number of hydrogen-bond donors (Lipinski definition) is 6. The Bertz CT molecular complexity index is 1050. The predicted octanol–water partition coefficient (Wildman–Crippen LogP) is 4.23. The standard InChI is InChI=1S/C29H39N3O4/c1-18(30-16-27(35)23-5-6-26(34)24(12-23)17-33)7-19-3-2-4-25(11-19)31-28(36)32-29-13-20-8-21(14-29)10-22(9-20)15-29/h2-6,11-12,18,20-22,27,30,33-35H,7-10,13-17H2,1H3,(H2,31,32,36)/t18?,20?,21?,22?,27-,29?/m1/s1. The van der Waals surface area contributed by atoms with Crippen LogP contribution in [0.2, 0.25) is 0 Å². The molecular weight excluding hydrogens is 454 g/mol. The molecule has 2 amide bonds. The molecule has 7 heteroatoms.